The van der Waals surface area contributed by atoms with Gasteiger partial charge in [0.05, 0.1) is 18.1 Å². The van der Waals surface area contributed by atoms with E-state index in [9.17, 15) is 14.7 Å². The number of carboxylic acids is 1. The molecule has 0 aliphatic rings. The topological polar surface area (TPSA) is 84.9 Å². The van der Waals surface area contributed by atoms with Crippen LogP contribution in [0.2, 0.25) is 18.1 Å². The highest BCUT2D eigenvalue weighted by atomic mass is 32.2. The number of hydrogen-bond acceptors (Lipinski definition) is 5. The third kappa shape index (κ3) is 11.7. The number of aliphatic carboxylic acids is 1. The lowest BCUT2D eigenvalue weighted by molar-refractivity contribution is -0.141. The molecule has 0 fully saturated rings. The Hall–Kier alpha value is -1.09. The first kappa shape index (κ1) is 33.9. The van der Waals surface area contributed by atoms with Crippen molar-refractivity contribution < 1.29 is 23.9 Å². The molecule has 0 heterocycles. The van der Waals surface area contributed by atoms with Crippen LogP contribution in [0.25, 0.3) is 0 Å². The van der Waals surface area contributed by atoms with Gasteiger partial charge in [-0.25, -0.2) is 4.79 Å². The van der Waals surface area contributed by atoms with Gasteiger partial charge in [-0.15, -0.1) is 11.8 Å². The molecule has 0 aliphatic carbocycles. The van der Waals surface area contributed by atoms with Crippen molar-refractivity contribution in [3.63, 3.8) is 0 Å². The van der Waals surface area contributed by atoms with Gasteiger partial charge in [-0.1, -0.05) is 53.7 Å². The van der Waals surface area contributed by atoms with E-state index in [1.807, 2.05) is 33.1 Å². The number of ether oxygens (including phenoxy) is 1. The molecule has 0 spiro atoms. The molecule has 0 saturated heterocycles. The van der Waals surface area contributed by atoms with Crippen LogP contribution in [-0.2, 0) is 18.8 Å². The van der Waals surface area contributed by atoms with Crippen molar-refractivity contribution >= 4 is 32.0 Å². The minimum absolute atomic E-state index is 0.0623. The van der Waals surface area contributed by atoms with Crippen molar-refractivity contribution in [2.45, 2.75) is 112 Å². The van der Waals surface area contributed by atoms with Crippen LogP contribution in [-0.4, -0.2) is 55.7 Å². The second-order valence-corrected chi connectivity index (χ2v) is 17.0. The predicted molar refractivity (Wildman–Crippen MR) is 151 cm³/mol. The summed E-state index contributed by atoms with van der Waals surface area (Å²) in [6.07, 6.45) is 6.66. The lowest BCUT2D eigenvalue weighted by Crippen LogP contribution is -2.47. The van der Waals surface area contributed by atoms with E-state index in [2.05, 4.69) is 59.1 Å². The second-order valence-electron chi connectivity index (χ2n) is 11.4. The van der Waals surface area contributed by atoms with Gasteiger partial charge in [-0.2, -0.15) is 0 Å². The van der Waals surface area contributed by atoms with Gasteiger partial charge in [0.15, 0.2) is 8.32 Å². The summed E-state index contributed by atoms with van der Waals surface area (Å²) in [7, 11) is -2.03. The first-order chi connectivity index (χ1) is 16.0. The number of nitrogens with one attached hydrogen (secondary N) is 1. The van der Waals surface area contributed by atoms with Gasteiger partial charge in [0.25, 0.3) is 0 Å². The predicted octanol–water partition coefficient (Wildman–Crippen LogP) is 6.64. The molecule has 8 heteroatoms. The summed E-state index contributed by atoms with van der Waals surface area (Å²) >= 11 is 1.61. The van der Waals surface area contributed by atoms with Crippen LogP contribution < -0.4 is 5.32 Å². The van der Waals surface area contributed by atoms with Crippen molar-refractivity contribution in [2.75, 3.05) is 12.2 Å². The van der Waals surface area contributed by atoms with Gasteiger partial charge >= 0.3 is 5.97 Å². The number of allylic oxidation sites excluding steroid dienone is 1. The number of carbonyl (C=O) groups is 2. The Kier molecular flexibility index (Phi) is 14.8. The number of carboxylic acid groups (broad SMARTS) is 1. The average Bonchev–Trinajstić information content (AvgIpc) is 2.74. The molecule has 0 aromatic rings. The van der Waals surface area contributed by atoms with Gasteiger partial charge in [0, 0.05) is 11.5 Å². The van der Waals surface area contributed by atoms with Crippen molar-refractivity contribution in [3.05, 3.63) is 23.3 Å². The fourth-order valence-corrected chi connectivity index (χ4v) is 5.11. The highest BCUT2D eigenvalue weighted by Gasteiger charge is 2.41. The number of thioether (sulfide) groups is 1. The minimum atomic E-state index is -2.03. The summed E-state index contributed by atoms with van der Waals surface area (Å²) in [4.78, 5) is 24.3. The molecule has 0 aromatic heterocycles. The average molecular weight is 530 g/mol. The zero-order chi connectivity index (χ0) is 27.6. The molecule has 35 heavy (non-hydrogen) atoms. The quantitative estimate of drug-likeness (QED) is 0.107. The molecule has 6 nitrogen and oxygen atoms in total. The van der Waals surface area contributed by atoms with Crippen molar-refractivity contribution in [3.8, 4) is 0 Å². The second kappa shape index (κ2) is 15.2. The third-order valence-electron chi connectivity index (χ3n) is 6.92. The summed E-state index contributed by atoms with van der Waals surface area (Å²) in [6.45, 7) is 23.1. The Morgan fingerprint density at radius 2 is 1.71 bits per heavy atom. The Bertz CT molecular complexity index is 742. The largest absolute Gasteiger partial charge is 0.480 e. The maximum atomic E-state index is 12.7. The summed E-state index contributed by atoms with van der Waals surface area (Å²) in [6, 6.07) is -0.895. The van der Waals surface area contributed by atoms with Crippen molar-refractivity contribution in [2.24, 2.45) is 11.8 Å². The van der Waals surface area contributed by atoms with Gasteiger partial charge in [-0.05, 0) is 69.5 Å². The molecule has 4 atom stereocenters. The van der Waals surface area contributed by atoms with E-state index < -0.39 is 20.3 Å². The van der Waals surface area contributed by atoms with E-state index in [1.165, 1.54) is 5.57 Å². The highest BCUT2D eigenvalue weighted by molar-refractivity contribution is 7.98. The Balaban J connectivity index is 5.77. The van der Waals surface area contributed by atoms with Crippen LogP contribution in [0.15, 0.2) is 23.3 Å². The summed E-state index contributed by atoms with van der Waals surface area (Å²) in [5.74, 6) is -0.591. The van der Waals surface area contributed by atoms with E-state index in [1.54, 1.807) is 18.7 Å². The fraction of sp³-hybridized carbons (Fsp3) is 0.778. The Morgan fingerprint density at radius 3 is 2.14 bits per heavy atom. The van der Waals surface area contributed by atoms with Crippen LogP contribution in [0.5, 0.6) is 0 Å². The maximum absolute atomic E-state index is 12.7. The monoisotopic (exact) mass is 529 g/mol. The van der Waals surface area contributed by atoms with Crippen LogP contribution in [0.1, 0.15) is 75.2 Å². The van der Waals surface area contributed by atoms with E-state index in [0.717, 1.165) is 0 Å². The standard InChI is InChI=1S/C27H51NO5SSi/c1-13-19(4)24(33-35(11,12)27(7,8)9)21(6)23(32-17-34-10)15-14-20(5)25(29)28-22(26(30)31)16-18(2)3/h13-14,18,21-24H,15-17H2,1-12H3,(H,28,29)(H,30,31)/b19-13+,20-14+/t21-,22+,23-,24+/m0/s1. The van der Waals surface area contributed by atoms with Gasteiger partial charge in [-0.3, -0.25) is 4.79 Å². The first-order valence-electron chi connectivity index (χ1n) is 12.6. The smallest absolute Gasteiger partial charge is 0.326 e. The molecule has 0 unspecified atom stereocenters. The van der Waals surface area contributed by atoms with Crippen LogP contribution >= 0.6 is 11.8 Å². The fourth-order valence-electron chi connectivity index (χ4n) is 3.41. The summed E-state index contributed by atoms with van der Waals surface area (Å²) < 4.78 is 13.1. The van der Waals surface area contributed by atoms with Crippen LogP contribution in [0, 0.1) is 11.8 Å². The molecule has 0 bridgehead atoms. The molecule has 1 amide bonds. The molecule has 204 valence electrons. The lowest BCUT2D eigenvalue weighted by Gasteiger charge is -2.42. The van der Waals surface area contributed by atoms with Gasteiger partial charge in [0.1, 0.15) is 6.04 Å². The van der Waals surface area contributed by atoms with Gasteiger partial charge < -0.3 is 19.6 Å². The number of amides is 1. The molecule has 0 aromatic carbocycles. The van der Waals surface area contributed by atoms with Gasteiger partial charge in [0.2, 0.25) is 5.91 Å². The Morgan fingerprint density at radius 1 is 1.14 bits per heavy atom. The molecule has 2 N–H and O–H groups in total. The molecule has 0 aliphatic heterocycles. The minimum Gasteiger partial charge on any atom is -0.480 e. The lowest BCUT2D eigenvalue weighted by atomic mass is 9.90. The van der Waals surface area contributed by atoms with Crippen molar-refractivity contribution in [1.29, 1.82) is 0 Å². The normalized spacial score (nSPS) is 17.2. The van der Waals surface area contributed by atoms with E-state index >= 15 is 0 Å². The van der Waals surface area contributed by atoms with E-state index in [0.29, 0.717) is 24.4 Å². The molecular formula is C27H51NO5SSi. The zero-order valence-electron chi connectivity index (χ0n) is 24.2. The number of hydrogen-bond donors (Lipinski definition) is 2. The SMILES string of the molecule is C/C=C(\C)[C@@H](O[Si](C)(C)C(C)(C)C)[C@@H](C)[C@H](C/C=C(\C)C(=O)N[C@H](CC(C)C)C(=O)O)OCSC. The van der Waals surface area contributed by atoms with E-state index in [4.69, 9.17) is 9.16 Å². The van der Waals surface area contributed by atoms with E-state index in [-0.39, 0.29) is 35.0 Å². The maximum Gasteiger partial charge on any atom is 0.326 e. The molecule has 0 rings (SSSR count). The molecule has 0 saturated carbocycles. The van der Waals surface area contributed by atoms with Crippen LogP contribution in [0.3, 0.4) is 0 Å². The molecular weight excluding hydrogens is 478 g/mol. The highest BCUT2D eigenvalue weighted by Crippen LogP contribution is 2.40. The van der Waals surface area contributed by atoms with Crippen LogP contribution in [0.4, 0.5) is 0 Å². The Labute approximate surface area is 219 Å². The van der Waals surface area contributed by atoms with Crippen molar-refractivity contribution in [1.82, 2.24) is 5.32 Å². The number of carbonyl (C=O) groups excluding carboxylic acids is 1. The first-order valence-corrected chi connectivity index (χ1v) is 16.9. The molecule has 0 radical (unpaired) electrons. The summed E-state index contributed by atoms with van der Waals surface area (Å²) in [5, 5.41) is 12.2. The number of rotatable bonds is 15. The zero-order valence-corrected chi connectivity index (χ0v) is 26.0. The third-order valence-corrected chi connectivity index (χ3v) is 11.7. The summed E-state index contributed by atoms with van der Waals surface area (Å²) in [5.41, 5.74) is 1.67.